The molecular formula is C7H12N2O2. The van der Waals surface area contributed by atoms with E-state index >= 15 is 0 Å². The smallest absolute Gasteiger partial charge is 0.139 e. The van der Waals surface area contributed by atoms with Crippen LogP contribution in [0.25, 0.3) is 0 Å². The third kappa shape index (κ3) is 1.17. The van der Waals surface area contributed by atoms with E-state index in [1.54, 1.807) is 0 Å². The van der Waals surface area contributed by atoms with Crippen molar-refractivity contribution in [2.45, 2.75) is 24.5 Å². The fourth-order valence-electron chi connectivity index (χ4n) is 1.74. The first kappa shape index (κ1) is 7.21. The molecule has 2 saturated heterocycles. The maximum absolute atomic E-state index is 10.4. The van der Waals surface area contributed by atoms with Crippen molar-refractivity contribution in [1.29, 1.82) is 0 Å². The Morgan fingerprint density at radius 2 is 2.55 bits per heavy atom. The molecule has 4 heteroatoms. The average Bonchev–Trinajstić information content (AvgIpc) is 2.62. The summed E-state index contributed by atoms with van der Waals surface area (Å²) in [6.45, 7) is 1.86. The monoisotopic (exact) mass is 156 g/mol. The van der Waals surface area contributed by atoms with Gasteiger partial charge in [-0.2, -0.15) is 5.48 Å². The summed E-state index contributed by atoms with van der Waals surface area (Å²) in [6, 6.07) is -0.102. The molecule has 2 fully saturated rings. The van der Waals surface area contributed by atoms with Gasteiger partial charge in [-0.05, 0) is 13.0 Å². The molecule has 62 valence electrons. The molecule has 2 heterocycles. The summed E-state index contributed by atoms with van der Waals surface area (Å²) in [7, 11) is 0. The molecule has 0 aromatic rings. The number of aldehydes is 1. The summed E-state index contributed by atoms with van der Waals surface area (Å²) in [5, 5.41) is 3.22. The highest BCUT2D eigenvalue weighted by Crippen LogP contribution is 2.28. The zero-order chi connectivity index (χ0) is 7.73. The van der Waals surface area contributed by atoms with Crippen molar-refractivity contribution >= 4 is 6.29 Å². The Balaban J connectivity index is 2.01. The first-order chi connectivity index (χ1) is 5.35. The Morgan fingerprint density at radius 1 is 1.64 bits per heavy atom. The summed E-state index contributed by atoms with van der Waals surface area (Å²) >= 11 is 0. The van der Waals surface area contributed by atoms with Crippen LogP contribution in [0.4, 0.5) is 0 Å². The second kappa shape index (κ2) is 2.55. The molecule has 2 N–H and O–H groups in total. The quantitative estimate of drug-likeness (QED) is 0.488. The van der Waals surface area contributed by atoms with Crippen molar-refractivity contribution in [2.24, 2.45) is 0 Å². The summed E-state index contributed by atoms with van der Waals surface area (Å²) in [6.07, 6.45) is 2.72. The van der Waals surface area contributed by atoms with E-state index < -0.39 is 0 Å². The van der Waals surface area contributed by atoms with Crippen LogP contribution in [0.5, 0.6) is 0 Å². The zero-order valence-electron chi connectivity index (χ0n) is 6.30. The molecule has 1 spiro atoms. The van der Waals surface area contributed by atoms with E-state index in [1.165, 1.54) is 0 Å². The second-order valence-corrected chi connectivity index (χ2v) is 3.28. The average molecular weight is 156 g/mol. The highest BCUT2D eigenvalue weighted by atomic mass is 16.7. The Kier molecular flexibility index (Phi) is 1.67. The van der Waals surface area contributed by atoms with E-state index in [2.05, 4.69) is 10.8 Å². The van der Waals surface area contributed by atoms with E-state index in [9.17, 15) is 4.79 Å². The molecule has 0 amide bonds. The van der Waals surface area contributed by atoms with Gasteiger partial charge in [0, 0.05) is 13.0 Å². The predicted molar refractivity (Wildman–Crippen MR) is 38.9 cm³/mol. The second-order valence-electron chi connectivity index (χ2n) is 3.28. The molecule has 2 aliphatic rings. The molecule has 2 atom stereocenters. The standard InChI is InChI=1S/C7H12N2O2/c10-4-6-3-7(11-9-6)1-2-8-5-7/h4,6,8-9H,1-3,5H2. The van der Waals surface area contributed by atoms with E-state index in [1.807, 2.05) is 0 Å². The number of rotatable bonds is 1. The maximum atomic E-state index is 10.4. The molecule has 4 nitrogen and oxygen atoms in total. The number of carbonyl (C=O) groups is 1. The lowest BCUT2D eigenvalue weighted by atomic mass is 9.96. The lowest BCUT2D eigenvalue weighted by molar-refractivity contribution is -0.111. The molecule has 0 aliphatic carbocycles. The van der Waals surface area contributed by atoms with Crippen LogP contribution in [0.3, 0.4) is 0 Å². The predicted octanol–water partition coefficient (Wildman–Crippen LogP) is -0.789. The fourth-order valence-corrected chi connectivity index (χ4v) is 1.74. The van der Waals surface area contributed by atoms with Crippen LogP contribution in [-0.2, 0) is 9.63 Å². The molecule has 0 saturated carbocycles. The number of hydrogen-bond donors (Lipinski definition) is 2. The Bertz CT molecular complexity index is 166. The van der Waals surface area contributed by atoms with Crippen LogP contribution in [-0.4, -0.2) is 31.0 Å². The molecule has 0 aromatic carbocycles. The zero-order valence-corrected chi connectivity index (χ0v) is 6.30. The van der Waals surface area contributed by atoms with Gasteiger partial charge in [0.25, 0.3) is 0 Å². The van der Waals surface area contributed by atoms with Crippen LogP contribution >= 0.6 is 0 Å². The molecule has 11 heavy (non-hydrogen) atoms. The number of nitrogens with one attached hydrogen (secondary N) is 2. The summed E-state index contributed by atoms with van der Waals surface area (Å²) in [4.78, 5) is 15.7. The molecular weight excluding hydrogens is 144 g/mol. The Labute approximate surface area is 65.2 Å². The van der Waals surface area contributed by atoms with Gasteiger partial charge in [0.2, 0.25) is 0 Å². The summed E-state index contributed by atoms with van der Waals surface area (Å²) in [5.41, 5.74) is 2.64. The maximum Gasteiger partial charge on any atom is 0.139 e. The molecule has 0 aromatic heterocycles. The molecule has 2 rings (SSSR count). The van der Waals surface area contributed by atoms with Crippen molar-refractivity contribution < 1.29 is 9.63 Å². The van der Waals surface area contributed by atoms with Crippen LogP contribution in [0, 0.1) is 0 Å². The first-order valence-corrected chi connectivity index (χ1v) is 3.94. The lowest BCUT2D eigenvalue weighted by Crippen LogP contribution is -2.31. The van der Waals surface area contributed by atoms with Gasteiger partial charge in [0.1, 0.15) is 11.9 Å². The van der Waals surface area contributed by atoms with Crippen molar-refractivity contribution in [3.63, 3.8) is 0 Å². The van der Waals surface area contributed by atoms with Crippen LogP contribution in [0.15, 0.2) is 0 Å². The highest BCUT2D eigenvalue weighted by molar-refractivity contribution is 5.58. The minimum absolute atomic E-state index is 0.0917. The topological polar surface area (TPSA) is 50.4 Å². The van der Waals surface area contributed by atoms with Gasteiger partial charge in [0.15, 0.2) is 0 Å². The van der Waals surface area contributed by atoms with Crippen LogP contribution < -0.4 is 10.8 Å². The third-order valence-corrected chi connectivity index (χ3v) is 2.39. The van der Waals surface area contributed by atoms with E-state index in [4.69, 9.17) is 4.84 Å². The van der Waals surface area contributed by atoms with Gasteiger partial charge in [0.05, 0.1) is 6.04 Å². The van der Waals surface area contributed by atoms with E-state index in [0.29, 0.717) is 0 Å². The van der Waals surface area contributed by atoms with E-state index in [0.717, 1.165) is 32.2 Å². The van der Waals surface area contributed by atoms with Gasteiger partial charge >= 0.3 is 0 Å². The van der Waals surface area contributed by atoms with Gasteiger partial charge in [-0.3, -0.25) is 4.84 Å². The normalized spacial score (nSPS) is 43.5. The minimum atomic E-state index is -0.102. The van der Waals surface area contributed by atoms with Crippen LogP contribution in [0.2, 0.25) is 0 Å². The van der Waals surface area contributed by atoms with Crippen molar-refractivity contribution in [3.05, 3.63) is 0 Å². The van der Waals surface area contributed by atoms with Gasteiger partial charge in [-0.25, -0.2) is 0 Å². The SMILES string of the molecule is O=CC1CC2(CCNC2)ON1. The van der Waals surface area contributed by atoms with E-state index in [-0.39, 0.29) is 11.6 Å². The summed E-state index contributed by atoms with van der Waals surface area (Å²) < 4.78 is 0. The lowest BCUT2D eigenvalue weighted by Gasteiger charge is -2.17. The Morgan fingerprint density at radius 3 is 3.09 bits per heavy atom. The van der Waals surface area contributed by atoms with Crippen molar-refractivity contribution in [3.8, 4) is 0 Å². The summed E-state index contributed by atoms with van der Waals surface area (Å²) in [5.74, 6) is 0. The van der Waals surface area contributed by atoms with Crippen molar-refractivity contribution in [2.75, 3.05) is 13.1 Å². The number of hydroxylamine groups is 1. The molecule has 0 bridgehead atoms. The third-order valence-electron chi connectivity index (χ3n) is 2.39. The number of hydrogen-bond acceptors (Lipinski definition) is 4. The van der Waals surface area contributed by atoms with Crippen LogP contribution in [0.1, 0.15) is 12.8 Å². The fraction of sp³-hybridized carbons (Fsp3) is 0.857. The highest BCUT2D eigenvalue weighted by Gasteiger charge is 2.42. The minimum Gasteiger partial charge on any atom is -0.314 e. The molecule has 2 aliphatic heterocycles. The van der Waals surface area contributed by atoms with Gasteiger partial charge < -0.3 is 10.1 Å². The Hall–Kier alpha value is -0.450. The largest absolute Gasteiger partial charge is 0.314 e. The number of carbonyl (C=O) groups excluding carboxylic acids is 1. The molecule has 2 unspecified atom stereocenters. The van der Waals surface area contributed by atoms with Gasteiger partial charge in [-0.15, -0.1) is 0 Å². The van der Waals surface area contributed by atoms with Gasteiger partial charge in [-0.1, -0.05) is 0 Å². The van der Waals surface area contributed by atoms with Crippen molar-refractivity contribution in [1.82, 2.24) is 10.8 Å². The molecule has 0 radical (unpaired) electrons. The first-order valence-electron chi connectivity index (χ1n) is 3.94.